The maximum absolute atomic E-state index is 12.9. The van der Waals surface area contributed by atoms with Crippen LogP contribution in [0.4, 0.5) is 4.39 Å². The normalized spacial score (nSPS) is 12.9. The zero-order valence-electron chi connectivity index (χ0n) is 14.7. The largest absolute Gasteiger partial charge is 0.452 e. The molecule has 0 bridgehead atoms. The quantitative estimate of drug-likeness (QED) is 0.689. The molecule has 1 rings (SSSR count). The summed E-state index contributed by atoms with van der Waals surface area (Å²) in [6.45, 7) is 5.13. The van der Waals surface area contributed by atoms with E-state index in [-0.39, 0.29) is 10.8 Å². The highest BCUT2D eigenvalue weighted by molar-refractivity contribution is 7.89. The van der Waals surface area contributed by atoms with Gasteiger partial charge in [-0.1, -0.05) is 13.8 Å². The number of carbonyl (C=O) groups excluding carboxylic acids is 2. The summed E-state index contributed by atoms with van der Waals surface area (Å²) in [6.07, 6.45) is -1.03. The van der Waals surface area contributed by atoms with Gasteiger partial charge in [-0.3, -0.25) is 9.59 Å². The molecular formula is C16H23FN2O5S. The van der Waals surface area contributed by atoms with Crippen molar-refractivity contribution in [3.05, 3.63) is 30.1 Å². The zero-order valence-corrected chi connectivity index (χ0v) is 15.5. The summed E-state index contributed by atoms with van der Waals surface area (Å²) < 4.78 is 43.2. The number of esters is 1. The van der Waals surface area contributed by atoms with Gasteiger partial charge in [0.05, 0.1) is 4.90 Å². The molecule has 0 fully saturated rings. The molecule has 0 unspecified atom stereocenters. The monoisotopic (exact) mass is 374 g/mol. The maximum atomic E-state index is 12.9. The Morgan fingerprint density at radius 1 is 1.20 bits per heavy atom. The van der Waals surface area contributed by atoms with Crippen LogP contribution in [0.3, 0.4) is 0 Å². The third-order valence-electron chi connectivity index (χ3n) is 3.24. The van der Waals surface area contributed by atoms with E-state index in [0.29, 0.717) is 6.54 Å². The van der Waals surface area contributed by atoms with E-state index in [1.807, 2.05) is 13.8 Å². The molecule has 9 heteroatoms. The van der Waals surface area contributed by atoms with Crippen molar-refractivity contribution >= 4 is 21.9 Å². The van der Waals surface area contributed by atoms with Crippen LogP contribution in [0.5, 0.6) is 0 Å². The maximum Gasteiger partial charge on any atom is 0.322 e. The van der Waals surface area contributed by atoms with Crippen LogP contribution in [0.25, 0.3) is 0 Å². The number of hydrogen-bond donors (Lipinski definition) is 1. The van der Waals surface area contributed by atoms with Crippen molar-refractivity contribution in [3.63, 3.8) is 0 Å². The highest BCUT2D eigenvalue weighted by Crippen LogP contribution is 2.14. The third-order valence-corrected chi connectivity index (χ3v) is 5.05. The number of sulfonamides is 1. The Balaban J connectivity index is 2.63. The number of amides is 1. The second-order valence-electron chi connectivity index (χ2n) is 5.99. The minimum atomic E-state index is -3.96. The molecule has 0 heterocycles. The van der Waals surface area contributed by atoms with E-state index < -0.39 is 40.4 Å². The molecule has 1 aromatic carbocycles. The van der Waals surface area contributed by atoms with Crippen LogP contribution in [0.15, 0.2) is 29.2 Å². The first-order chi connectivity index (χ1) is 11.5. The molecule has 0 aliphatic rings. The fourth-order valence-corrected chi connectivity index (χ4v) is 2.90. The van der Waals surface area contributed by atoms with Gasteiger partial charge in [0.2, 0.25) is 10.0 Å². The lowest BCUT2D eigenvalue weighted by Gasteiger charge is -2.18. The van der Waals surface area contributed by atoms with Crippen LogP contribution in [0, 0.1) is 11.7 Å². The summed E-state index contributed by atoms with van der Waals surface area (Å²) >= 11 is 0. The highest BCUT2D eigenvalue weighted by atomic mass is 32.2. The molecule has 0 aliphatic heterocycles. The molecule has 25 heavy (non-hydrogen) atoms. The fraction of sp³-hybridized carbons (Fsp3) is 0.500. The number of likely N-dealkylation sites (N-methyl/N-ethyl adjacent to an activating group) is 1. The van der Waals surface area contributed by atoms with Crippen LogP contribution >= 0.6 is 0 Å². The lowest BCUT2D eigenvalue weighted by atomic mass is 10.2. The molecule has 7 nitrogen and oxygen atoms in total. The highest BCUT2D eigenvalue weighted by Gasteiger charge is 2.25. The number of benzene rings is 1. The number of nitrogens with zero attached hydrogens (tertiary/aromatic N) is 1. The second-order valence-corrected chi connectivity index (χ2v) is 8.03. The van der Waals surface area contributed by atoms with Gasteiger partial charge in [-0.15, -0.1) is 0 Å². The summed E-state index contributed by atoms with van der Waals surface area (Å²) in [6, 6.07) is 4.24. The first kappa shape index (κ1) is 21.0. The summed E-state index contributed by atoms with van der Waals surface area (Å²) in [7, 11) is -2.77. The number of nitrogens with one attached hydrogen (secondary N) is 1. The van der Waals surface area contributed by atoms with Gasteiger partial charge >= 0.3 is 5.97 Å². The van der Waals surface area contributed by atoms with Crippen LogP contribution in [0.2, 0.25) is 0 Å². The van der Waals surface area contributed by atoms with E-state index in [0.717, 1.165) is 28.6 Å². The molecule has 0 aliphatic carbocycles. The van der Waals surface area contributed by atoms with Crippen LogP contribution < -0.4 is 5.32 Å². The van der Waals surface area contributed by atoms with Crippen molar-refractivity contribution in [2.75, 3.05) is 20.1 Å². The van der Waals surface area contributed by atoms with Gasteiger partial charge in [-0.2, -0.15) is 4.31 Å². The SMILES string of the molecule is CC(C)CNC(=O)[C@@H](C)OC(=O)CN(C)S(=O)(=O)c1ccc(F)cc1. The first-order valence-corrected chi connectivity index (χ1v) is 9.17. The molecule has 1 N–H and O–H groups in total. The van der Waals surface area contributed by atoms with Gasteiger partial charge in [-0.05, 0) is 37.1 Å². The van der Waals surface area contributed by atoms with Crippen LogP contribution in [0.1, 0.15) is 20.8 Å². The number of carbonyl (C=O) groups is 2. The van der Waals surface area contributed by atoms with E-state index in [9.17, 15) is 22.4 Å². The first-order valence-electron chi connectivity index (χ1n) is 7.73. The minimum Gasteiger partial charge on any atom is -0.452 e. The van der Waals surface area contributed by atoms with Crippen molar-refractivity contribution in [2.24, 2.45) is 5.92 Å². The Labute approximate surface area is 147 Å². The molecule has 0 saturated carbocycles. The van der Waals surface area contributed by atoms with Crippen LogP contribution in [-0.2, 0) is 24.3 Å². The van der Waals surface area contributed by atoms with Gasteiger partial charge in [0.25, 0.3) is 5.91 Å². The standard InChI is InChI=1S/C16H23FN2O5S/c1-11(2)9-18-16(21)12(3)24-15(20)10-19(4)25(22,23)14-7-5-13(17)6-8-14/h5-8,11-12H,9-10H2,1-4H3,(H,18,21)/t12-/m1/s1. The lowest BCUT2D eigenvalue weighted by molar-refractivity contribution is -0.154. The summed E-state index contributed by atoms with van der Waals surface area (Å²) in [5, 5.41) is 2.62. The van der Waals surface area contributed by atoms with E-state index >= 15 is 0 Å². The van der Waals surface area contributed by atoms with Crippen molar-refractivity contribution in [1.29, 1.82) is 0 Å². The van der Waals surface area contributed by atoms with Gasteiger partial charge in [0.1, 0.15) is 12.4 Å². The van der Waals surface area contributed by atoms with Crippen LogP contribution in [-0.4, -0.2) is 50.8 Å². The molecule has 0 saturated heterocycles. The van der Waals surface area contributed by atoms with Crippen molar-refractivity contribution in [1.82, 2.24) is 9.62 Å². The average molecular weight is 374 g/mol. The molecule has 1 amide bonds. The molecular weight excluding hydrogens is 351 g/mol. The minimum absolute atomic E-state index is 0.146. The Morgan fingerprint density at radius 2 is 1.76 bits per heavy atom. The molecule has 1 atom stereocenters. The van der Waals surface area contributed by atoms with E-state index in [2.05, 4.69) is 5.32 Å². The van der Waals surface area contributed by atoms with Gasteiger partial charge in [-0.25, -0.2) is 12.8 Å². The van der Waals surface area contributed by atoms with Crippen molar-refractivity contribution in [2.45, 2.75) is 31.8 Å². The molecule has 1 aromatic rings. The van der Waals surface area contributed by atoms with Gasteiger partial charge < -0.3 is 10.1 Å². The molecule has 0 aromatic heterocycles. The molecule has 0 spiro atoms. The van der Waals surface area contributed by atoms with Gasteiger partial charge in [0, 0.05) is 13.6 Å². The average Bonchev–Trinajstić information content (AvgIpc) is 2.52. The Hall–Kier alpha value is -2.00. The summed E-state index contributed by atoms with van der Waals surface area (Å²) in [5.74, 6) is -1.63. The summed E-state index contributed by atoms with van der Waals surface area (Å²) in [4.78, 5) is 23.5. The number of rotatable bonds is 8. The fourth-order valence-electron chi connectivity index (χ4n) is 1.79. The van der Waals surface area contributed by atoms with Crippen molar-refractivity contribution < 1.29 is 27.1 Å². The summed E-state index contributed by atoms with van der Waals surface area (Å²) in [5.41, 5.74) is 0. The predicted molar refractivity (Wildman–Crippen MR) is 89.6 cm³/mol. The smallest absolute Gasteiger partial charge is 0.322 e. The lowest BCUT2D eigenvalue weighted by Crippen LogP contribution is -2.40. The number of hydrogen-bond acceptors (Lipinski definition) is 5. The number of halogens is 1. The second kappa shape index (κ2) is 8.91. The van der Waals surface area contributed by atoms with E-state index in [1.54, 1.807) is 0 Å². The molecule has 0 radical (unpaired) electrons. The Bertz CT molecular complexity index is 704. The zero-order chi connectivity index (χ0) is 19.2. The molecule has 140 valence electrons. The third kappa shape index (κ3) is 6.43. The Kier molecular flexibility index (Phi) is 7.50. The van der Waals surface area contributed by atoms with E-state index in [1.165, 1.54) is 14.0 Å². The Morgan fingerprint density at radius 3 is 2.28 bits per heavy atom. The topological polar surface area (TPSA) is 92.8 Å². The van der Waals surface area contributed by atoms with E-state index in [4.69, 9.17) is 4.74 Å². The van der Waals surface area contributed by atoms with Gasteiger partial charge in [0.15, 0.2) is 6.10 Å². The number of ether oxygens (including phenoxy) is 1. The van der Waals surface area contributed by atoms with Crippen molar-refractivity contribution in [3.8, 4) is 0 Å². The predicted octanol–water partition coefficient (Wildman–Crippen LogP) is 1.15.